The fraction of sp³-hybridized carbons (Fsp3) is 0.409. The van der Waals surface area contributed by atoms with E-state index < -0.39 is 0 Å². The molecule has 28 heavy (non-hydrogen) atoms. The predicted molar refractivity (Wildman–Crippen MR) is 113 cm³/mol. The normalized spacial score (nSPS) is 19.4. The molecule has 4 rings (SSSR count). The van der Waals surface area contributed by atoms with E-state index in [4.69, 9.17) is 4.98 Å². The number of aromatic nitrogens is 3. The van der Waals surface area contributed by atoms with Crippen molar-refractivity contribution >= 4 is 22.7 Å². The summed E-state index contributed by atoms with van der Waals surface area (Å²) in [7, 11) is 3.91. The van der Waals surface area contributed by atoms with Gasteiger partial charge < -0.3 is 14.9 Å². The lowest BCUT2D eigenvalue weighted by atomic mass is 9.94. The van der Waals surface area contributed by atoms with Crippen LogP contribution in [0.15, 0.2) is 42.6 Å². The zero-order valence-electron chi connectivity index (χ0n) is 16.7. The van der Waals surface area contributed by atoms with Crippen LogP contribution in [0.3, 0.4) is 0 Å². The van der Waals surface area contributed by atoms with Crippen LogP contribution in [-0.2, 0) is 12.8 Å². The molecule has 1 aliphatic heterocycles. The number of β-amino-alcohol motifs (C(OH)–C–C–N with tert-alkyl or cyclic N) is 1. The number of aliphatic hydroxyl groups excluding tert-OH is 1. The first-order valence-corrected chi connectivity index (χ1v) is 9.86. The molecule has 1 saturated heterocycles. The van der Waals surface area contributed by atoms with Crippen molar-refractivity contribution in [1.29, 1.82) is 0 Å². The van der Waals surface area contributed by atoms with Gasteiger partial charge in [0.25, 0.3) is 0 Å². The van der Waals surface area contributed by atoms with Gasteiger partial charge in [-0.25, -0.2) is 4.98 Å². The summed E-state index contributed by atoms with van der Waals surface area (Å²) in [6, 6.07) is 12.3. The molecule has 0 radical (unpaired) electrons. The summed E-state index contributed by atoms with van der Waals surface area (Å²) in [6.45, 7) is 3.48. The summed E-state index contributed by atoms with van der Waals surface area (Å²) in [6.07, 6.45) is 3.17. The fourth-order valence-electron chi connectivity index (χ4n) is 3.87. The molecule has 1 aliphatic rings. The molecule has 0 saturated carbocycles. The second kappa shape index (κ2) is 7.72. The van der Waals surface area contributed by atoms with E-state index in [1.165, 1.54) is 10.9 Å². The predicted octanol–water partition coefficient (Wildman–Crippen LogP) is 2.69. The minimum Gasteiger partial charge on any atom is -0.391 e. The Bertz CT molecular complexity index is 969. The number of rotatable bonds is 5. The molecule has 6 heteroatoms. The molecule has 6 nitrogen and oxygen atoms in total. The Labute approximate surface area is 165 Å². The van der Waals surface area contributed by atoms with Gasteiger partial charge >= 0.3 is 0 Å². The molecule has 1 N–H and O–H groups in total. The van der Waals surface area contributed by atoms with Crippen molar-refractivity contribution in [2.24, 2.45) is 5.92 Å². The number of aliphatic hydroxyl groups is 1. The van der Waals surface area contributed by atoms with Gasteiger partial charge in [0.1, 0.15) is 5.82 Å². The lowest BCUT2D eigenvalue weighted by Gasteiger charge is -2.20. The van der Waals surface area contributed by atoms with E-state index in [-0.39, 0.29) is 12.0 Å². The van der Waals surface area contributed by atoms with E-state index >= 15 is 0 Å². The van der Waals surface area contributed by atoms with E-state index in [1.807, 2.05) is 49.5 Å². The standard InChI is InChI=1S/C22H27N5O/c1-4-17-12-21(25-22(24-17)26(2)3)27-13-16(20(28)14-27)11-15-9-10-23-19-8-6-5-7-18(15)19/h5-10,12,16,20,28H,4,11,13-14H2,1-3H3/t16-,20+/m1/s1. The third-order valence-electron chi connectivity index (χ3n) is 5.47. The van der Waals surface area contributed by atoms with Gasteiger partial charge in [-0.3, -0.25) is 4.98 Å². The Morgan fingerprint density at radius 1 is 1.14 bits per heavy atom. The molecule has 1 aromatic carbocycles. The Morgan fingerprint density at radius 3 is 2.75 bits per heavy atom. The highest BCUT2D eigenvalue weighted by Gasteiger charge is 2.33. The number of hydrogen-bond acceptors (Lipinski definition) is 6. The second-order valence-corrected chi connectivity index (χ2v) is 7.69. The van der Waals surface area contributed by atoms with Gasteiger partial charge in [0.2, 0.25) is 5.95 Å². The van der Waals surface area contributed by atoms with Gasteiger partial charge in [-0.2, -0.15) is 4.98 Å². The van der Waals surface area contributed by atoms with Crippen LogP contribution in [0.5, 0.6) is 0 Å². The number of para-hydroxylation sites is 1. The Kier molecular flexibility index (Phi) is 5.13. The SMILES string of the molecule is CCc1cc(N2C[C@@H](Cc3ccnc4ccccc34)[C@@H](O)C2)nc(N(C)C)n1. The van der Waals surface area contributed by atoms with Gasteiger partial charge in [0.15, 0.2) is 0 Å². The zero-order valence-corrected chi connectivity index (χ0v) is 16.7. The van der Waals surface area contributed by atoms with E-state index in [0.29, 0.717) is 12.5 Å². The summed E-state index contributed by atoms with van der Waals surface area (Å²) >= 11 is 0. The molecule has 0 aliphatic carbocycles. The fourth-order valence-corrected chi connectivity index (χ4v) is 3.87. The minimum atomic E-state index is -0.380. The molecule has 0 unspecified atom stereocenters. The van der Waals surface area contributed by atoms with Crippen LogP contribution in [0, 0.1) is 5.92 Å². The third-order valence-corrected chi connectivity index (χ3v) is 5.47. The summed E-state index contributed by atoms with van der Waals surface area (Å²) in [5.41, 5.74) is 3.26. The molecule has 0 spiro atoms. The van der Waals surface area contributed by atoms with Crippen LogP contribution in [0.2, 0.25) is 0 Å². The number of nitrogens with zero attached hydrogens (tertiary/aromatic N) is 5. The molecular weight excluding hydrogens is 350 g/mol. The van der Waals surface area contributed by atoms with Gasteiger partial charge in [-0.15, -0.1) is 0 Å². The maximum atomic E-state index is 10.7. The lowest BCUT2D eigenvalue weighted by molar-refractivity contribution is 0.148. The first kappa shape index (κ1) is 18.6. The molecule has 2 atom stereocenters. The first-order chi connectivity index (χ1) is 13.5. The van der Waals surface area contributed by atoms with E-state index in [2.05, 4.69) is 33.9 Å². The van der Waals surface area contributed by atoms with Crippen molar-refractivity contribution in [2.45, 2.75) is 25.9 Å². The number of fused-ring (bicyclic) bond motifs is 1. The van der Waals surface area contributed by atoms with Crippen LogP contribution in [-0.4, -0.2) is 53.3 Å². The van der Waals surface area contributed by atoms with Gasteiger partial charge in [-0.1, -0.05) is 25.1 Å². The van der Waals surface area contributed by atoms with Crippen molar-refractivity contribution in [3.63, 3.8) is 0 Å². The molecule has 146 valence electrons. The van der Waals surface area contributed by atoms with E-state index in [0.717, 1.165) is 36.4 Å². The van der Waals surface area contributed by atoms with Gasteiger partial charge in [0, 0.05) is 56.4 Å². The van der Waals surface area contributed by atoms with Crippen LogP contribution >= 0.6 is 0 Å². The topological polar surface area (TPSA) is 65.4 Å². The quantitative estimate of drug-likeness (QED) is 0.738. The van der Waals surface area contributed by atoms with Crippen LogP contribution in [0.4, 0.5) is 11.8 Å². The molecular formula is C22H27N5O. The van der Waals surface area contributed by atoms with E-state index in [9.17, 15) is 5.11 Å². The molecule has 3 heterocycles. The highest BCUT2D eigenvalue weighted by atomic mass is 16.3. The zero-order chi connectivity index (χ0) is 19.7. The minimum absolute atomic E-state index is 0.161. The Balaban J connectivity index is 1.57. The average molecular weight is 377 g/mol. The Hall–Kier alpha value is -2.73. The van der Waals surface area contributed by atoms with Crippen LogP contribution in [0.1, 0.15) is 18.2 Å². The highest BCUT2D eigenvalue weighted by Crippen LogP contribution is 2.29. The summed E-state index contributed by atoms with van der Waals surface area (Å²) in [4.78, 5) is 17.9. The Morgan fingerprint density at radius 2 is 1.96 bits per heavy atom. The molecule has 2 aromatic heterocycles. The maximum absolute atomic E-state index is 10.7. The number of benzene rings is 1. The van der Waals surface area contributed by atoms with Gasteiger partial charge in [-0.05, 0) is 30.5 Å². The number of aryl methyl sites for hydroxylation is 1. The lowest BCUT2D eigenvalue weighted by Crippen LogP contribution is -2.24. The average Bonchev–Trinajstić information content (AvgIpc) is 3.08. The summed E-state index contributed by atoms with van der Waals surface area (Å²) < 4.78 is 0. The van der Waals surface area contributed by atoms with E-state index in [1.54, 1.807) is 0 Å². The second-order valence-electron chi connectivity index (χ2n) is 7.69. The molecule has 1 fully saturated rings. The molecule has 0 bridgehead atoms. The van der Waals surface area contributed by atoms with Crippen molar-refractivity contribution in [3.05, 3.63) is 53.9 Å². The highest BCUT2D eigenvalue weighted by molar-refractivity contribution is 5.81. The summed E-state index contributed by atoms with van der Waals surface area (Å²) in [5.74, 6) is 1.78. The molecule has 0 amide bonds. The van der Waals surface area contributed by atoms with Crippen LogP contribution in [0.25, 0.3) is 10.9 Å². The monoisotopic (exact) mass is 377 g/mol. The summed E-state index contributed by atoms with van der Waals surface area (Å²) in [5, 5.41) is 11.9. The van der Waals surface area contributed by atoms with Gasteiger partial charge in [0.05, 0.1) is 11.6 Å². The maximum Gasteiger partial charge on any atom is 0.227 e. The van der Waals surface area contributed by atoms with Crippen LogP contribution < -0.4 is 9.80 Å². The molecule has 3 aromatic rings. The first-order valence-electron chi connectivity index (χ1n) is 9.86. The van der Waals surface area contributed by atoms with Crippen molar-refractivity contribution < 1.29 is 5.11 Å². The van der Waals surface area contributed by atoms with Crippen molar-refractivity contribution in [1.82, 2.24) is 15.0 Å². The largest absolute Gasteiger partial charge is 0.391 e. The van der Waals surface area contributed by atoms with Crippen molar-refractivity contribution in [3.8, 4) is 0 Å². The third kappa shape index (κ3) is 3.64. The number of anilines is 2. The number of pyridine rings is 1. The van der Waals surface area contributed by atoms with Crippen molar-refractivity contribution in [2.75, 3.05) is 37.0 Å². The number of hydrogen-bond donors (Lipinski definition) is 1. The smallest absolute Gasteiger partial charge is 0.227 e.